The Hall–Kier alpha value is -1.56. The zero-order valence-electron chi connectivity index (χ0n) is 11.8. The van der Waals surface area contributed by atoms with Crippen LogP contribution in [0, 0.1) is 11.8 Å². The van der Waals surface area contributed by atoms with Crippen LogP contribution in [0.15, 0.2) is 48.5 Å². The van der Waals surface area contributed by atoms with Crippen LogP contribution in [0.3, 0.4) is 0 Å². The van der Waals surface area contributed by atoms with E-state index in [1.165, 1.54) is 25.7 Å². The van der Waals surface area contributed by atoms with Crippen LogP contribution in [0.25, 0.3) is 0 Å². The summed E-state index contributed by atoms with van der Waals surface area (Å²) < 4.78 is 0. The van der Waals surface area contributed by atoms with Crippen molar-refractivity contribution >= 4 is 0 Å². The molecule has 0 saturated heterocycles. The highest BCUT2D eigenvalue weighted by Gasteiger charge is 2.49. The fourth-order valence-electron chi connectivity index (χ4n) is 5.43. The van der Waals surface area contributed by atoms with Crippen molar-refractivity contribution in [3.8, 4) is 0 Å². The largest absolute Gasteiger partial charge is 0.0620 e. The first-order valence-electron chi connectivity index (χ1n) is 8.13. The minimum Gasteiger partial charge on any atom is -0.0620 e. The zero-order chi connectivity index (χ0) is 13.1. The average Bonchev–Trinajstić information content (AvgIpc) is 2.54. The highest BCUT2D eigenvalue weighted by molar-refractivity contribution is 5.56. The second kappa shape index (κ2) is 3.97. The zero-order valence-corrected chi connectivity index (χ0v) is 11.8. The Balaban J connectivity index is 1.81. The summed E-state index contributed by atoms with van der Waals surface area (Å²) in [4.78, 5) is 0. The summed E-state index contributed by atoms with van der Waals surface area (Å²) in [7, 11) is 0. The highest BCUT2D eigenvalue weighted by atomic mass is 14.5. The van der Waals surface area contributed by atoms with E-state index in [0.717, 1.165) is 11.8 Å². The molecule has 1 fully saturated rings. The van der Waals surface area contributed by atoms with Gasteiger partial charge in [0, 0.05) is 11.8 Å². The monoisotopic (exact) mass is 260 g/mol. The van der Waals surface area contributed by atoms with E-state index in [4.69, 9.17) is 0 Å². The van der Waals surface area contributed by atoms with Gasteiger partial charge in [-0.15, -0.1) is 0 Å². The SMILES string of the molecule is c1ccc2c(c1)C1c3ccccc3C2C2CCCCC12. The van der Waals surface area contributed by atoms with Crippen molar-refractivity contribution in [2.24, 2.45) is 11.8 Å². The molecule has 100 valence electrons. The van der Waals surface area contributed by atoms with Crippen molar-refractivity contribution in [2.45, 2.75) is 37.5 Å². The van der Waals surface area contributed by atoms with Gasteiger partial charge in [-0.25, -0.2) is 0 Å². The number of rotatable bonds is 0. The van der Waals surface area contributed by atoms with Crippen molar-refractivity contribution in [3.05, 3.63) is 70.8 Å². The summed E-state index contributed by atoms with van der Waals surface area (Å²) in [6.07, 6.45) is 5.76. The molecule has 2 bridgehead atoms. The summed E-state index contributed by atoms with van der Waals surface area (Å²) in [5.41, 5.74) is 6.55. The molecule has 6 rings (SSSR count). The lowest BCUT2D eigenvalue weighted by molar-refractivity contribution is 0.163. The van der Waals surface area contributed by atoms with E-state index in [0.29, 0.717) is 11.8 Å². The minimum atomic E-state index is 0.678. The van der Waals surface area contributed by atoms with Crippen molar-refractivity contribution in [3.63, 3.8) is 0 Å². The molecular formula is C20H20. The Bertz CT molecular complexity index is 564. The van der Waals surface area contributed by atoms with E-state index in [9.17, 15) is 0 Å². The third kappa shape index (κ3) is 1.28. The van der Waals surface area contributed by atoms with E-state index in [1.807, 2.05) is 0 Å². The lowest BCUT2D eigenvalue weighted by atomic mass is 9.51. The van der Waals surface area contributed by atoms with Crippen LogP contribution in [0.2, 0.25) is 0 Å². The topological polar surface area (TPSA) is 0 Å². The fraction of sp³-hybridized carbons (Fsp3) is 0.400. The average molecular weight is 260 g/mol. The van der Waals surface area contributed by atoms with E-state index >= 15 is 0 Å². The van der Waals surface area contributed by atoms with Crippen molar-refractivity contribution in [1.29, 1.82) is 0 Å². The van der Waals surface area contributed by atoms with E-state index in [2.05, 4.69) is 48.5 Å². The van der Waals surface area contributed by atoms with Crippen LogP contribution in [0.1, 0.15) is 59.8 Å². The molecule has 0 nitrogen and oxygen atoms in total. The third-order valence-electron chi connectivity index (χ3n) is 6.06. The summed E-state index contributed by atoms with van der Waals surface area (Å²) in [6, 6.07) is 18.5. The van der Waals surface area contributed by atoms with Gasteiger partial charge < -0.3 is 0 Å². The molecule has 0 heteroatoms. The molecule has 4 aliphatic carbocycles. The molecule has 0 aliphatic heterocycles. The first kappa shape index (κ1) is 11.1. The van der Waals surface area contributed by atoms with E-state index in [-0.39, 0.29) is 0 Å². The minimum absolute atomic E-state index is 0.678. The van der Waals surface area contributed by atoms with Crippen LogP contribution in [0.5, 0.6) is 0 Å². The van der Waals surface area contributed by atoms with Gasteiger partial charge in [0.1, 0.15) is 0 Å². The second-order valence-corrected chi connectivity index (χ2v) is 6.83. The third-order valence-corrected chi connectivity index (χ3v) is 6.06. The maximum Gasteiger partial charge on any atom is 0.0126 e. The van der Waals surface area contributed by atoms with Crippen LogP contribution >= 0.6 is 0 Å². The fourth-order valence-corrected chi connectivity index (χ4v) is 5.43. The molecule has 0 aromatic heterocycles. The smallest absolute Gasteiger partial charge is 0.0126 e. The molecule has 1 saturated carbocycles. The maximum atomic E-state index is 2.40. The second-order valence-electron chi connectivity index (χ2n) is 6.83. The standard InChI is InChI=1S/C20H20/c1-2-8-14-13(7-1)19-15-9-3-5-11-17(15)20(14)18-12-6-4-10-16(18)19/h1-3,5,7-9,11,16,18-20H,4,6,10,12H2. The van der Waals surface area contributed by atoms with Gasteiger partial charge in [0.25, 0.3) is 0 Å². The summed E-state index contributed by atoms with van der Waals surface area (Å²) in [5, 5.41) is 0. The molecule has 0 radical (unpaired) electrons. The Labute approximate surface area is 120 Å². The summed E-state index contributed by atoms with van der Waals surface area (Å²) in [5.74, 6) is 3.16. The van der Waals surface area contributed by atoms with Gasteiger partial charge in [-0.1, -0.05) is 61.4 Å². The summed E-state index contributed by atoms with van der Waals surface area (Å²) >= 11 is 0. The van der Waals surface area contributed by atoms with E-state index < -0.39 is 0 Å². The molecule has 4 aliphatic rings. The Morgan fingerprint density at radius 2 is 0.900 bits per heavy atom. The maximum absolute atomic E-state index is 2.40. The van der Waals surface area contributed by atoms with Gasteiger partial charge in [0.05, 0.1) is 0 Å². The predicted octanol–water partition coefficient (Wildman–Crippen LogP) is 5.08. The molecule has 2 aromatic rings. The number of hydrogen-bond acceptors (Lipinski definition) is 0. The van der Waals surface area contributed by atoms with Gasteiger partial charge in [0.2, 0.25) is 0 Å². The quantitative estimate of drug-likeness (QED) is 0.619. The van der Waals surface area contributed by atoms with Crippen molar-refractivity contribution in [1.82, 2.24) is 0 Å². The molecule has 2 unspecified atom stereocenters. The Morgan fingerprint density at radius 3 is 1.25 bits per heavy atom. The highest BCUT2D eigenvalue weighted by Crippen LogP contribution is 2.61. The van der Waals surface area contributed by atoms with Gasteiger partial charge >= 0.3 is 0 Å². The van der Waals surface area contributed by atoms with E-state index in [1.54, 1.807) is 22.3 Å². The lowest BCUT2D eigenvalue weighted by Crippen LogP contribution is -2.41. The molecular weight excluding hydrogens is 240 g/mol. The van der Waals surface area contributed by atoms with Crippen LogP contribution < -0.4 is 0 Å². The molecule has 0 spiro atoms. The van der Waals surface area contributed by atoms with Crippen LogP contribution in [-0.2, 0) is 0 Å². The summed E-state index contributed by atoms with van der Waals surface area (Å²) in [6.45, 7) is 0. The van der Waals surface area contributed by atoms with Crippen LogP contribution in [-0.4, -0.2) is 0 Å². The first-order valence-corrected chi connectivity index (χ1v) is 8.13. The van der Waals surface area contributed by atoms with Gasteiger partial charge in [-0.2, -0.15) is 0 Å². The lowest BCUT2D eigenvalue weighted by Gasteiger charge is -2.53. The van der Waals surface area contributed by atoms with Crippen molar-refractivity contribution in [2.75, 3.05) is 0 Å². The molecule has 0 N–H and O–H groups in total. The molecule has 2 aromatic carbocycles. The van der Waals surface area contributed by atoms with Gasteiger partial charge in [-0.05, 0) is 46.9 Å². The molecule has 2 atom stereocenters. The molecule has 20 heavy (non-hydrogen) atoms. The number of benzene rings is 2. The van der Waals surface area contributed by atoms with Crippen LogP contribution in [0.4, 0.5) is 0 Å². The normalized spacial score (nSPS) is 33.2. The predicted molar refractivity (Wildman–Crippen MR) is 82.0 cm³/mol. The van der Waals surface area contributed by atoms with Crippen molar-refractivity contribution < 1.29 is 0 Å². The Kier molecular flexibility index (Phi) is 2.21. The molecule has 0 heterocycles. The Morgan fingerprint density at radius 1 is 0.550 bits per heavy atom. The molecule has 0 amide bonds. The first-order chi connectivity index (χ1) is 9.95. The van der Waals surface area contributed by atoms with Gasteiger partial charge in [-0.3, -0.25) is 0 Å². The van der Waals surface area contributed by atoms with Gasteiger partial charge in [0.15, 0.2) is 0 Å². The number of hydrogen-bond donors (Lipinski definition) is 0.